The number of hydrogen-bond donors (Lipinski definition) is 1. The van der Waals surface area contributed by atoms with E-state index >= 15 is 0 Å². The highest BCUT2D eigenvalue weighted by atomic mass is 32.2. The lowest BCUT2D eigenvalue weighted by molar-refractivity contribution is 0.0685. The molecule has 108 valence electrons. The fourth-order valence-corrected chi connectivity index (χ4v) is 3.27. The van der Waals surface area contributed by atoms with Crippen LogP contribution in [0.3, 0.4) is 0 Å². The van der Waals surface area contributed by atoms with Crippen molar-refractivity contribution in [3.8, 4) is 0 Å². The Balaban J connectivity index is 2.08. The maximum atomic E-state index is 12.3. The smallest absolute Gasteiger partial charge is 0.356 e. The zero-order valence-corrected chi connectivity index (χ0v) is 12.3. The van der Waals surface area contributed by atoms with Crippen LogP contribution in [-0.2, 0) is 0 Å². The second kappa shape index (κ2) is 6.21. The van der Waals surface area contributed by atoms with Crippen molar-refractivity contribution in [2.24, 2.45) is 5.92 Å². The molecule has 0 aliphatic carbocycles. The number of carboxylic acid groups (broad SMARTS) is 1. The normalized spacial score (nSPS) is 19.1. The van der Waals surface area contributed by atoms with Gasteiger partial charge in [0.25, 0.3) is 5.91 Å². The van der Waals surface area contributed by atoms with Crippen LogP contribution in [0.4, 0.5) is 0 Å². The van der Waals surface area contributed by atoms with E-state index in [0.717, 1.165) is 11.9 Å². The second-order valence-electron chi connectivity index (χ2n) is 5.00. The molecule has 1 aliphatic heterocycles. The van der Waals surface area contributed by atoms with Crippen LogP contribution >= 0.6 is 11.8 Å². The molecule has 1 aliphatic rings. The highest BCUT2D eigenvalue weighted by Crippen LogP contribution is 2.25. The van der Waals surface area contributed by atoms with E-state index in [1.807, 2.05) is 11.8 Å². The number of amides is 1. The summed E-state index contributed by atoms with van der Waals surface area (Å²) in [5.41, 5.74) is 0.0419. The number of carboxylic acids is 1. The predicted octanol–water partition coefficient (Wildman–Crippen LogP) is 1.39. The summed E-state index contributed by atoms with van der Waals surface area (Å²) < 4.78 is 0. The molecular formula is C13H17N3O3S. The number of rotatable bonds is 3. The van der Waals surface area contributed by atoms with E-state index in [-0.39, 0.29) is 17.3 Å². The molecule has 20 heavy (non-hydrogen) atoms. The van der Waals surface area contributed by atoms with Crippen LogP contribution in [0.25, 0.3) is 0 Å². The monoisotopic (exact) mass is 295 g/mol. The number of carbonyl (C=O) groups is 2. The lowest BCUT2D eigenvalue weighted by Crippen LogP contribution is -2.43. The quantitative estimate of drug-likeness (QED) is 0.907. The summed E-state index contributed by atoms with van der Waals surface area (Å²) in [6, 6.07) is 0. The van der Waals surface area contributed by atoms with E-state index in [0.29, 0.717) is 24.3 Å². The Labute approximate surface area is 121 Å². The van der Waals surface area contributed by atoms with E-state index in [4.69, 9.17) is 5.11 Å². The molecule has 7 heteroatoms. The Bertz CT molecular complexity index is 504. The van der Waals surface area contributed by atoms with Gasteiger partial charge < -0.3 is 10.0 Å². The third-order valence-electron chi connectivity index (χ3n) is 3.21. The van der Waals surface area contributed by atoms with Crippen LogP contribution < -0.4 is 0 Å². The molecule has 1 fully saturated rings. The Morgan fingerprint density at radius 3 is 2.55 bits per heavy atom. The number of carbonyl (C=O) groups excluding carboxylic acids is 1. The van der Waals surface area contributed by atoms with Crippen LogP contribution in [0.15, 0.2) is 12.4 Å². The second-order valence-corrected chi connectivity index (χ2v) is 6.34. The molecule has 0 bridgehead atoms. The molecule has 2 heterocycles. The van der Waals surface area contributed by atoms with Crippen LogP contribution in [-0.4, -0.2) is 55.9 Å². The minimum Gasteiger partial charge on any atom is -0.476 e. The fourth-order valence-electron chi connectivity index (χ4n) is 1.97. The summed E-state index contributed by atoms with van der Waals surface area (Å²) in [5, 5.41) is 9.19. The maximum absolute atomic E-state index is 12.3. The van der Waals surface area contributed by atoms with E-state index < -0.39 is 5.97 Å². The van der Waals surface area contributed by atoms with Crippen molar-refractivity contribution >= 4 is 23.6 Å². The van der Waals surface area contributed by atoms with Crippen molar-refractivity contribution in [1.29, 1.82) is 0 Å². The van der Waals surface area contributed by atoms with Gasteiger partial charge in [-0.25, -0.2) is 14.8 Å². The van der Waals surface area contributed by atoms with Gasteiger partial charge in [-0.15, -0.1) is 0 Å². The Morgan fingerprint density at radius 1 is 1.35 bits per heavy atom. The molecule has 1 unspecified atom stereocenters. The number of thioether (sulfide) groups is 1. The lowest BCUT2D eigenvalue weighted by Gasteiger charge is -2.34. The maximum Gasteiger partial charge on any atom is 0.356 e. The molecule has 0 radical (unpaired) electrons. The van der Waals surface area contributed by atoms with Gasteiger partial charge in [0.15, 0.2) is 5.69 Å². The molecule has 1 aromatic heterocycles. The molecule has 1 amide bonds. The molecule has 1 atom stereocenters. The lowest BCUT2D eigenvalue weighted by atomic mass is 10.1. The Kier molecular flexibility index (Phi) is 4.59. The third-order valence-corrected chi connectivity index (χ3v) is 4.75. The molecule has 1 saturated heterocycles. The zero-order valence-electron chi connectivity index (χ0n) is 11.4. The van der Waals surface area contributed by atoms with Crippen molar-refractivity contribution in [3.63, 3.8) is 0 Å². The summed E-state index contributed by atoms with van der Waals surface area (Å²) >= 11 is 1.89. The predicted molar refractivity (Wildman–Crippen MR) is 76.0 cm³/mol. The Hall–Kier alpha value is -1.63. The van der Waals surface area contributed by atoms with E-state index in [2.05, 4.69) is 23.8 Å². The van der Waals surface area contributed by atoms with Crippen LogP contribution in [0.5, 0.6) is 0 Å². The van der Waals surface area contributed by atoms with Gasteiger partial charge >= 0.3 is 5.97 Å². The molecule has 0 spiro atoms. The molecule has 0 aromatic carbocycles. The third kappa shape index (κ3) is 3.27. The van der Waals surface area contributed by atoms with E-state index in [1.54, 1.807) is 4.90 Å². The fraction of sp³-hybridized carbons (Fsp3) is 0.538. The van der Waals surface area contributed by atoms with Crippen molar-refractivity contribution in [1.82, 2.24) is 14.9 Å². The topological polar surface area (TPSA) is 83.4 Å². The highest BCUT2D eigenvalue weighted by molar-refractivity contribution is 8.00. The number of aromatic carboxylic acids is 1. The standard InChI is InChI=1S/C13H17N3O3S/c1-8(2)11-7-16(3-4-20-11)12(17)9-5-15-10(6-14-9)13(18)19/h5-6,8,11H,3-4,7H2,1-2H3,(H,18,19). The van der Waals surface area contributed by atoms with E-state index in [9.17, 15) is 9.59 Å². The first-order valence-electron chi connectivity index (χ1n) is 6.45. The van der Waals surface area contributed by atoms with Gasteiger partial charge in [0.2, 0.25) is 0 Å². The number of nitrogens with zero attached hydrogens (tertiary/aromatic N) is 3. The first-order valence-corrected chi connectivity index (χ1v) is 7.50. The number of aromatic nitrogens is 2. The number of hydrogen-bond acceptors (Lipinski definition) is 5. The van der Waals surface area contributed by atoms with Gasteiger partial charge in [-0.05, 0) is 5.92 Å². The molecular weight excluding hydrogens is 278 g/mol. The molecule has 0 saturated carbocycles. The molecule has 1 aromatic rings. The summed E-state index contributed by atoms with van der Waals surface area (Å²) in [4.78, 5) is 32.4. The first-order chi connectivity index (χ1) is 9.49. The molecule has 2 rings (SSSR count). The summed E-state index contributed by atoms with van der Waals surface area (Å²) in [6.45, 7) is 5.68. The van der Waals surface area contributed by atoms with Crippen molar-refractivity contribution in [2.45, 2.75) is 19.1 Å². The molecule has 1 N–H and O–H groups in total. The van der Waals surface area contributed by atoms with Gasteiger partial charge in [-0.3, -0.25) is 4.79 Å². The van der Waals surface area contributed by atoms with Crippen LogP contribution in [0, 0.1) is 5.92 Å². The highest BCUT2D eigenvalue weighted by Gasteiger charge is 2.27. The summed E-state index contributed by atoms with van der Waals surface area (Å²) in [7, 11) is 0. The average molecular weight is 295 g/mol. The van der Waals surface area contributed by atoms with Crippen molar-refractivity contribution in [3.05, 3.63) is 23.8 Å². The van der Waals surface area contributed by atoms with Crippen LogP contribution in [0.1, 0.15) is 34.8 Å². The summed E-state index contributed by atoms with van der Waals surface area (Å²) in [5.74, 6) is 0.0945. The van der Waals surface area contributed by atoms with Gasteiger partial charge in [0.1, 0.15) is 5.69 Å². The van der Waals surface area contributed by atoms with Gasteiger partial charge in [-0.2, -0.15) is 11.8 Å². The van der Waals surface area contributed by atoms with Gasteiger partial charge in [0.05, 0.1) is 12.4 Å². The molecule has 6 nitrogen and oxygen atoms in total. The minimum absolute atomic E-state index is 0.157. The van der Waals surface area contributed by atoms with Gasteiger partial charge in [-0.1, -0.05) is 13.8 Å². The largest absolute Gasteiger partial charge is 0.476 e. The zero-order chi connectivity index (χ0) is 14.7. The van der Waals surface area contributed by atoms with E-state index in [1.165, 1.54) is 6.20 Å². The van der Waals surface area contributed by atoms with Gasteiger partial charge in [0, 0.05) is 24.1 Å². The SMILES string of the molecule is CC(C)C1CN(C(=O)c2cnc(C(=O)O)cn2)CCS1. The van der Waals surface area contributed by atoms with Crippen molar-refractivity contribution in [2.75, 3.05) is 18.8 Å². The Morgan fingerprint density at radius 2 is 2.00 bits per heavy atom. The average Bonchev–Trinajstić information content (AvgIpc) is 2.46. The van der Waals surface area contributed by atoms with Crippen LogP contribution in [0.2, 0.25) is 0 Å². The summed E-state index contributed by atoms with van der Waals surface area (Å²) in [6.07, 6.45) is 2.35. The first kappa shape index (κ1) is 14.8. The van der Waals surface area contributed by atoms with Crippen molar-refractivity contribution < 1.29 is 14.7 Å². The minimum atomic E-state index is -1.15.